The molecule has 44 heavy (non-hydrogen) atoms. The molecular weight excluding hydrogens is 554 g/mol. The first-order chi connectivity index (χ1) is 21.5. The molecule has 1 unspecified atom stereocenters. The number of carbonyl (C=O) groups excluding carboxylic acids is 2. The lowest BCUT2D eigenvalue weighted by atomic mass is 10.00. The van der Waals surface area contributed by atoms with E-state index in [9.17, 15) is 9.59 Å². The number of hydrogen-bond donors (Lipinski definition) is 4. The number of benzene rings is 1. The van der Waals surface area contributed by atoms with Crippen LogP contribution in [0.5, 0.6) is 0 Å². The standard InChI is InChI=1S/C33H39N9O2/c1-2-29(43)38-25-4-3-14-41(19-25)18-22-9-12-34-28(16-22)32(44)39-24-7-5-23(6-8-24)27-17-26-30(40-27)35-21-36-31(26)42-15-13-37-33(20-42)10-11-33/h2,5-9,12,17,21,25,28,37H,1,3-4,10-11,13-16,18-20H2,(H,38,43)(H,39,44)(H,35,36,40)/t25-,28?/m1/s1. The Morgan fingerprint density at radius 1 is 1.16 bits per heavy atom. The Labute approximate surface area is 256 Å². The van der Waals surface area contributed by atoms with Gasteiger partial charge >= 0.3 is 0 Å². The minimum atomic E-state index is -0.471. The molecule has 1 aromatic carbocycles. The number of allylic oxidation sites excluding steroid dienone is 1. The van der Waals surface area contributed by atoms with Crippen molar-refractivity contribution < 1.29 is 9.59 Å². The van der Waals surface area contributed by atoms with Crippen molar-refractivity contribution in [3.05, 3.63) is 61.0 Å². The van der Waals surface area contributed by atoms with E-state index in [1.807, 2.05) is 30.3 Å². The molecule has 11 nitrogen and oxygen atoms in total. The molecule has 1 saturated carbocycles. The quantitative estimate of drug-likeness (QED) is 0.296. The van der Waals surface area contributed by atoms with E-state index < -0.39 is 6.04 Å². The van der Waals surface area contributed by atoms with Crippen LogP contribution in [0.15, 0.2) is 66.0 Å². The summed E-state index contributed by atoms with van der Waals surface area (Å²) in [5.41, 5.74) is 4.96. The first kappa shape index (κ1) is 28.4. The Morgan fingerprint density at radius 2 is 2.02 bits per heavy atom. The van der Waals surface area contributed by atoms with Gasteiger partial charge in [0, 0.05) is 68.3 Å². The largest absolute Gasteiger partial charge is 0.353 e. The Morgan fingerprint density at radius 3 is 2.84 bits per heavy atom. The number of fused-ring (bicyclic) bond motifs is 1. The Bertz CT molecular complexity index is 1620. The van der Waals surface area contributed by atoms with Crippen molar-refractivity contribution in [1.82, 2.24) is 30.5 Å². The third-order valence-electron chi connectivity index (χ3n) is 9.19. The van der Waals surface area contributed by atoms with E-state index in [0.717, 1.165) is 85.9 Å². The summed E-state index contributed by atoms with van der Waals surface area (Å²) in [4.78, 5) is 46.7. The molecule has 5 heterocycles. The summed E-state index contributed by atoms with van der Waals surface area (Å²) in [5, 5.41) is 10.7. The van der Waals surface area contributed by atoms with Crippen LogP contribution in [-0.4, -0.2) is 94.8 Å². The molecule has 228 valence electrons. The van der Waals surface area contributed by atoms with Crippen LogP contribution in [0, 0.1) is 0 Å². The molecule has 0 radical (unpaired) electrons. The third-order valence-corrected chi connectivity index (χ3v) is 9.19. The second-order valence-electron chi connectivity index (χ2n) is 12.5. The molecule has 0 bridgehead atoms. The molecule has 2 amide bonds. The number of aliphatic imine (C=N–C) groups is 1. The number of rotatable bonds is 8. The summed E-state index contributed by atoms with van der Waals surface area (Å²) in [6, 6.07) is 9.63. The predicted molar refractivity (Wildman–Crippen MR) is 173 cm³/mol. The van der Waals surface area contributed by atoms with Crippen molar-refractivity contribution in [3.8, 4) is 11.3 Å². The fraction of sp³-hybridized carbons (Fsp3) is 0.424. The van der Waals surface area contributed by atoms with Crippen molar-refractivity contribution in [3.63, 3.8) is 0 Å². The van der Waals surface area contributed by atoms with Gasteiger partial charge in [0.1, 0.15) is 23.8 Å². The van der Waals surface area contributed by atoms with Crippen LogP contribution >= 0.6 is 0 Å². The lowest BCUT2D eigenvalue weighted by Gasteiger charge is -2.35. The number of aromatic amines is 1. The molecule has 4 aliphatic rings. The summed E-state index contributed by atoms with van der Waals surface area (Å²) in [6.45, 7) is 8.94. The Kier molecular flexibility index (Phi) is 7.73. The number of H-pyrrole nitrogens is 1. The summed E-state index contributed by atoms with van der Waals surface area (Å²) < 4.78 is 0. The number of aromatic nitrogens is 3. The zero-order chi connectivity index (χ0) is 30.1. The molecule has 2 aromatic heterocycles. The van der Waals surface area contributed by atoms with Crippen LogP contribution in [0.4, 0.5) is 11.5 Å². The van der Waals surface area contributed by atoms with Gasteiger partial charge in [0.15, 0.2) is 0 Å². The molecule has 3 aromatic rings. The second kappa shape index (κ2) is 12.0. The average molecular weight is 594 g/mol. The molecular formula is C33H39N9O2. The fourth-order valence-electron chi connectivity index (χ4n) is 6.68. The summed E-state index contributed by atoms with van der Waals surface area (Å²) in [5.74, 6) is 0.729. The molecule has 7 rings (SSSR count). The van der Waals surface area contributed by atoms with Crippen LogP contribution in [0.25, 0.3) is 22.3 Å². The lowest BCUT2D eigenvalue weighted by Crippen LogP contribution is -2.52. The third kappa shape index (κ3) is 6.15. The smallest absolute Gasteiger partial charge is 0.249 e. The van der Waals surface area contributed by atoms with Gasteiger partial charge in [0.05, 0.1) is 5.39 Å². The van der Waals surface area contributed by atoms with Crippen LogP contribution in [0.2, 0.25) is 0 Å². The van der Waals surface area contributed by atoms with Crippen molar-refractivity contribution in [2.75, 3.05) is 49.5 Å². The Hall–Kier alpha value is -4.35. The minimum Gasteiger partial charge on any atom is -0.353 e. The number of nitrogens with zero attached hydrogens (tertiary/aromatic N) is 5. The molecule has 3 aliphatic heterocycles. The van der Waals surface area contributed by atoms with Crippen molar-refractivity contribution >= 4 is 40.6 Å². The van der Waals surface area contributed by atoms with Crippen LogP contribution in [-0.2, 0) is 9.59 Å². The molecule has 1 spiro atoms. The van der Waals surface area contributed by atoms with Gasteiger partial charge in [0.25, 0.3) is 0 Å². The molecule has 1 aliphatic carbocycles. The molecule has 4 N–H and O–H groups in total. The van der Waals surface area contributed by atoms with Gasteiger partial charge < -0.3 is 25.8 Å². The van der Waals surface area contributed by atoms with Crippen molar-refractivity contribution in [2.24, 2.45) is 4.99 Å². The second-order valence-corrected chi connectivity index (χ2v) is 12.5. The predicted octanol–water partition coefficient (Wildman–Crippen LogP) is 3.04. The van der Waals surface area contributed by atoms with Gasteiger partial charge in [-0.1, -0.05) is 24.3 Å². The molecule has 11 heteroatoms. The fourth-order valence-corrected chi connectivity index (χ4v) is 6.68. The highest BCUT2D eigenvalue weighted by Crippen LogP contribution is 2.39. The lowest BCUT2D eigenvalue weighted by molar-refractivity contribution is -0.118. The number of dihydropyridines is 1. The van der Waals surface area contributed by atoms with Gasteiger partial charge in [-0.05, 0) is 68.1 Å². The van der Waals surface area contributed by atoms with Gasteiger partial charge in [-0.15, -0.1) is 0 Å². The maximum absolute atomic E-state index is 13.2. The first-order valence-corrected chi connectivity index (χ1v) is 15.6. The highest BCUT2D eigenvalue weighted by molar-refractivity contribution is 5.97. The molecule has 2 saturated heterocycles. The summed E-state index contributed by atoms with van der Waals surface area (Å²) in [7, 11) is 0. The maximum Gasteiger partial charge on any atom is 0.249 e. The highest BCUT2D eigenvalue weighted by Gasteiger charge is 2.46. The van der Waals surface area contributed by atoms with E-state index in [1.54, 1.807) is 12.5 Å². The zero-order valence-corrected chi connectivity index (χ0v) is 24.9. The highest BCUT2D eigenvalue weighted by atomic mass is 16.2. The number of piperidine rings is 1. The van der Waals surface area contributed by atoms with Crippen molar-refractivity contribution in [1.29, 1.82) is 0 Å². The number of anilines is 2. The van der Waals surface area contributed by atoms with Crippen LogP contribution in [0.3, 0.4) is 0 Å². The van der Waals surface area contributed by atoms with Crippen molar-refractivity contribution in [2.45, 2.75) is 49.7 Å². The Balaban J connectivity index is 0.963. The van der Waals surface area contributed by atoms with Crippen LogP contribution < -0.4 is 20.9 Å². The van der Waals surface area contributed by atoms with E-state index in [-0.39, 0.29) is 23.4 Å². The van der Waals surface area contributed by atoms with Gasteiger partial charge in [-0.2, -0.15) is 0 Å². The van der Waals surface area contributed by atoms with E-state index in [4.69, 9.17) is 0 Å². The maximum atomic E-state index is 13.2. The van der Waals surface area contributed by atoms with Crippen LogP contribution in [0.1, 0.15) is 32.1 Å². The SMILES string of the molecule is C=CC(=O)N[C@@H]1CCCN(CC2=CC=NC(C(=O)Nc3ccc(-c4cc5c(N6CCNC7(CC7)C6)ncnc5[nH]4)cc3)C2)C1. The number of hydrogen-bond acceptors (Lipinski definition) is 8. The van der Waals surface area contributed by atoms with E-state index >= 15 is 0 Å². The summed E-state index contributed by atoms with van der Waals surface area (Å²) >= 11 is 0. The number of likely N-dealkylation sites (tertiary alicyclic amines) is 1. The first-order valence-electron chi connectivity index (χ1n) is 15.6. The minimum absolute atomic E-state index is 0.121. The van der Waals surface area contributed by atoms with E-state index in [1.165, 1.54) is 24.5 Å². The number of nitrogens with one attached hydrogen (secondary N) is 4. The van der Waals surface area contributed by atoms with E-state index in [0.29, 0.717) is 6.42 Å². The van der Waals surface area contributed by atoms with E-state index in [2.05, 4.69) is 58.3 Å². The average Bonchev–Trinajstić information content (AvgIpc) is 3.63. The van der Waals surface area contributed by atoms with Gasteiger partial charge in [0.2, 0.25) is 11.8 Å². The topological polar surface area (TPSA) is 131 Å². The number of amides is 2. The van der Waals surface area contributed by atoms with Gasteiger partial charge in [-0.3, -0.25) is 19.5 Å². The molecule has 3 fully saturated rings. The zero-order valence-electron chi connectivity index (χ0n) is 24.9. The summed E-state index contributed by atoms with van der Waals surface area (Å²) in [6.07, 6.45) is 11.7. The molecule has 2 atom stereocenters. The number of piperazine rings is 1. The van der Waals surface area contributed by atoms with Gasteiger partial charge in [-0.25, -0.2) is 9.97 Å². The number of carbonyl (C=O) groups is 2. The normalized spacial score (nSPS) is 22.9. The monoisotopic (exact) mass is 593 g/mol.